The standard InChI is InChI=1S/C11H12ClNO4/c1-5(12)9(14)6-2-3-7(8(13)4-6)10(15)11(16)17/h2-5,10,15H,13H2,1H3,(H,16,17). The Bertz CT molecular complexity index is 459. The van der Waals surface area contributed by atoms with Crippen molar-refractivity contribution in [2.24, 2.45) is 0 Å². The van der Waals surface area contributed by atoms with Gasteiger partial charge in [0.2, 0.25) is 0 Å². The summed E-state index contributed by atoms with van der Waals surface area (Å²) in [6, 6.07) is 4.00. The van der Waals surface area contributed by atoms with E-state index >= 15 is 0 Å². The first-order valence-corrected chi connectivity index (χ1v) is 5.26. The van der Waals surface area contributed by atoms with E-state index in [0.717, 1.165) is 0 Å². The number of carboxylic acids is 1. The number of nitrogens with two attached hydrogens (primary N) is 1. The average Bonchev–Trinajstić information content (AvgIpc) is 2.26. The van der Waals surface area contributed by atoms with Crippen LogP contribution in [0.5, 0.6) is 0 Å². The lowest BCUT2D eigenvalue weighted by Gasteiger charge is -2.11. The smallest absolute Gasteiger partial charge is 0.337 e. The van der Waals surface area contributed by atoms with Gasteiger partial charge in [-0.2, -0.15) is 0 Å². The number of ketones is 1. The number of hydrogen-bond donors (Lipinski definition) is 3. The van der Waals surface area contributed by atoms with Crippen molar-refractivity contribution in [3.63, 3.8) is 0 Å². The number of nitrogen functional groups attached to an aromatic ring is 1. The lowest BCUT2D eigenvalue weighted by Crippen LogP contribution is -2.15. The molecule has 0 saturated carbocycles. The van der Waals surface area contributed by atoms with E-state index in [0.29, 0.717) is 0 Å². The van der Waals surface area contributed by atoms with Crippen molar-refractivity contribution in [1.29, 1.82) is 0 Å². The van der Waals surface area contributed by atoms with Gasteiger partial charge in [0.25, 0.3) is 0 Å². The fourth-order valence-corrected chi connectivity index (χ4v) is 1.47. The number of aliphatic hydroxyl groups is 1. The van der Waals surface area contributed by atoms with Gasteiger partial charge in [-0.15, -0.1) is 11.6 Å². The number of rotatable bonds is 4. The summed E-state index contributed by atoms with van der Waals surface area (Å²) in [6.45, 7) is 1.53. The fraction of sp³-hybridized carbons (Fsp3) is 0.273. The molecular weight excluding hydrogens is 246 g/mol. The van der Waals surface area contributed by atoms with Crippen molar-refractivity contribution in [3.8, 4) is 0 Å². The van der Waals surface area contributed by atoms with E-state index in [9.17, 15) is 14.7 Å². The Morgan fingerprint density at radius 2 is 2.00 bits per heavy atom. The third kappa shape index (κ3) is 2.95. The van der Waals surface area contributed by atoms with Gasteiger partial charge in [0.15, 0.2) is 11.9 Å². The molecule has 6 heteroatoms. The molecule has 0 saturated heterocycles. The van der Waals surface area contributed by atoms with E-state index in [4.69, 9.17) is 22.4 Å². The van der Waals surface area contributed by atoms with Gasteiger partial charge in [-0.05, 0) is 13.0 Å². The zero-order valence-electron chi connectivity index (χ0n) is 9.05. The Morgan fingerprint density at radius 3 is 2.41 bits per heavy atom. The van der Waals surface area contributed by atoms with Gasteiger partial charge in [0, 0.05) is 16.8 Å². The summed E-state index contributed by atoms with van der Waals surface area (Å²) in [6.07, 6.45) is -1.70. The number of hydrogen-bond acceptors (Lipinski definition) is 4. The molecule has 2 atom stereocenters. The van der Waals surface area contributed by atoms with Crippen molar-refractivity contribution in [2.45, 2.75) is 18.4 Å². The van der Waals surface area contributed by atoms with E-state index in [1.54, 1.807) is 0 Å². The monoisotopic (exact) mass is 257 g/mol. The first-order chi connectivity index (χ1) is 7.84. The number of halogens is 1. The van der Waals surface area contributed by atoms with E-state index in [1.165, 1.54) is 25.1 Å². The van der Waals surface area contributed by atoms with Crippen molar-refractivity contribution < 1.29 is 19.8 Å². The van der Waals surface area contributed by atoms with Crippen LogP contribution in [0.2, 0.25) is 0 Å². The predicted octanol–water partition coefficient (Wildman–Crippen LogP) is 1.20. The minimum absolute atomic E-state index is 0.0445. The molecule has 17 heavy (non-hydrogen) atoms. The van der Waals surface area contributed by atoms with E-state index < -0.39 is 17.5 Å². The number of carbonyl (C=O) groups excluding carboxylic acids is 1. The van der Waals surface area contributed by atoms with Crippen LogP contribution in [0, 0.1) is 0 Å². The van der Waals surface area contributed by atoms with Gasteiger partial charge < -0.3 is 15.9 Å². The molecule has 0 aliphatic rings. The molecule has 1 aromatic carbocycles. The molecule has 0 spiro atoms. The molecule has 4 N–H and O–H groups in total. The molecule has 0 radical (unpaired) electrons. The first kappa shape index (κ1) is 13.5. The van der Waals surface area contributed by atoms with Crippen LogP contribution < -0.4 is 5.73 Å². The normalized spacial score (nSPS) is 14.1. The second kappa shape index (κ2) is 5.16. The van der Waals surface area contributed by atoms with Crippen LogP contribution in [-0.4, -0.2) is 27.3 Å². The quantitative estimate of drug-likeness (QED) is 0.427. The Labute approximate surface area is 103 Å². The van der Waals surface area contributed by atoms with Gasteiger partial charge in [-0.25, -0.2) is 4.79 Å². The zero-order valence-corrected chi connectivity index (χ0v) is 9.81. The van der Waals surface area contributed by atoms with Crippen LogP contribution >= 0.6 is 11.6 Å². The summed E-state index contributed by atoms with van der Waals surface area (Å²) in [4.78, 5) is 22.1. The van der Waals surface area contributed by atoms with Crippen molar-refractivity contribution in [3.05, 3.63) is 29.3 Å². The highest BCUT2D eigenvalue weighted by Crippen LogP contribution is 2.23. The number of aliphatic hydroxyl groups excluding tert-OH is 1. The molecular formula is C11H12ClNO4. The van der Waals surface area contributed by atoms with E-state index in [1.807, 2.05) is 0 Å². The number of carbonyl (C=O) groups is 2. The molecule has 0 amide bonds. The molecule has 1 aromatic rings. The second-order valence-electron chi connectivity index (χ2n) is 3.56. The number of carboxylic acid groups (broad SMARTS) is 1. The highest BCUT2D eigenvalue weighted by atomic mass is 35.5. The van der Waals surface area contributed by atoms with Crippen LogP contribution in [0.15, 0.2) is 18.2 Å². The molecule has 92 valence electrons. The third-order valence-corrected chi connectivity index (χ3v) is 2.46. The number of benzene rings is 1. The summed E-state index contributed by atoms with van der Waals surface area (Å²) in [5.41, 5.74) is 5.96. The zero-order chi connectivity index (χ0) is 13.2. The lowest BCUT2D eigenvalue weighted by molar-refractivity contribution is -0.146. The highest BCUT2D eigenvalue weighted by Gasteiger charge is 2.20. The molecule has 0 heterocycles. The highest BCUT2D eigenvalue weighted by molar-refractivity contribution is 6.33. The Balaban J connectivity index is 3.10. The van der Waals surface area contributed by atoms with Crippen LogP contribution in [0.4, 0.5) is 5.69 Å². The minimum Gasteiger partial charge on any atom is -0.479 e. The SMILES string of the molecule is CC(Cl)C(=O)c1ccc(C(O)C(=O)O)c(N)c1. The second-order valence-corrected chi connectivity index (χ2v) is 4.22. The minimum atomic E-state index is -1.70. The fourth-order valence-electron chi connectivity index (χ4n) is 1.34. The number of anilines is 1. The van der Waals surface area contributed by atoms with Crippen LogP contribution in [0.25, 0.3) is 0 Å². The van der Waals surface area contributed by atoms with Gasteiger partial charge in [-0.1, -0.05) is 12.1 Å². The molecule has 5 nitrogen and oxygen atoms in total. The maximum atomic E-state index is 11.5. The summed E-state index contributed by atoms with van der Waals surface area (Å²) < 4.78 is 0. The van der Waals surface area contributed by atoms with Crippen molar-refractivity contribution in [2.75, 3.05) is 5.73 Å². The Morgan fingerprint density at radius 1 is 1.41 bits per heavy atom. The lowest BCUT2D eigenvalue weighted by atomic mass is 10.0. The maximum Gasteiger partial charge on any atom is 0.337 e. The molecule has 0 bridgehead atoms. The molecule has 0 fully saturated rings. The van der Waals surface area contributed by atoms with Gasteiger partial charge in [0.05, 0.1) is 5.38 Å². The van der Waals surface area contributed by atoms with Crippen molar-refractivity contribution >= 4 is 29.0 Å². The first-order valence-electron chi connectivity index (χ1n) is 4.83. The summed E-state index contributed by atoms with van der Waals surface area (Å²) >= 11 is 5.63. The summed E-state index contributed by atoms with van der Waals surface area (Å²) in [5, 5.41) is 17.3. The van der Waals surface area contributed by atoms with Crippen LogP contribution in [-0.2, 0) is 4.79 Å². The van der Waals surface area contributed by atoms with Gasteiger partial charge in [0.1, 0.15) is 0 Å². The van der Waals surface area contributed by atoms with Gasteiger partial charge >= 0.3 is 5.97 Å². The largest absolute Gasteiger partial charge is 0.479 e. The molecule has 0 aliphatic carbocycles. The molecule has 2 unspecified atom stereocenters. The maximum absolute atomic E-state index is 11.5. The van der Waals surface area contributed by atoms with E-state index in [-0.39, 0.29) is 22.6 Å². The van der Waals surface area contributed by atoms with Crippen LogP contribution in [0.3, 0.4) is 0 Å². The molecule has 1 rings (SSSR count). The van der Waals surface area contributed by atoms with E-state index in [2.05, 4.69) is 0 Å². The average molecular weight is 258 g/mol. The predicted molar refractivity (Wildman–Crippen MR) is 63.1 cm³/mol. The molecule has 0 aliphatic heterocycles. The topological polar surface area (TPSA) is 101 Å². The molecule has 0 aromatic heterocycles. The van der Waals surface area contributed by atoms with Crippen molar-refractivity contribution in [1.82, 2.24) is 0 Å². The number of Topliss-reactive ketones (excluding diaryl/α,β-unsaturated/α-hetero) is 1. The van der Waals surface area contributed by atoms with Crippen LogP contribution in [0.1, 0.15) is 28.9 Å². The number of alkyl halides is 1. The summed E-state index contributed by atoms with van der Waals surface area (Å²) in [7, 11) is 0. The number of aliphatic carboxylic acids is 1. The third-order valence-electron chi connectivity index (χ3n) is 2.26. The summed E-state index contributed by atoms with van der Waals surface area (Å²) in [5.74, 6) is -1.71. The van der Waals surface area contributed by atoms with Gasteiger partial charge in [-0.3, -0.25) is 4.79 Å². The Kier molecular flexibility index (Phi) is 4.09. The Hall–Kier alpha value is -1.59.